The number of carbonyl (C=O) groups is 3. The Labute approximate surface area is 233 Å². The summed E-state index contributed by atoms with van der Waals surface area (Å²) in [6.45, 7) is 5.72. The van der Waals surface area contributed by atoms with Crippen LogP contribution in [0, 0.1) is 10.8 Å². The van der Waals surface area contributed by atoms with Gasteiger partial charge in [-0.15, -0.1) is 0 Å². The van der Waals surface area contributed by atoms with E-state index in [1.807, 2.05) is 75.4 Å². The molecule has 3 atom stereocenters. The summed E-state index contributed by atoms with van der Waals surface area (Å²) in [5.41, 5.74) is 1.34. The molecule has 6 heteroatoms. The van der Waals surface area contributed by atoms with Gasteiger partial charge in [0.1, 0.15) is 5.41 Å². The van der Waals surface area contributed by atoms with E-state index < -0.39 is 28.8 Å². The van der Waals surface area contributed by atoms with E-state index in [0.29, 0.717) is 11.1 Å². The van der Waals surface area contributed by atoms with E-state index in [1.54, 1.807) is 24.3 Å². The minimum atomic E-state index is -1.45. The Morgan fingerprint density at radius 3 is 2.05 bits per heavy atom. The van der Waals surface area contributed by atoms with Crippen LogP contribution in [0.4, 0.5) is 5.69 Å². The van der Waals surface area contributed by atoms with E-state index in [1.165, 1.54) is 0 Å². The van der Waals surface area contributed by atoms with Gasteiger partial charge in [0.15, 0.2) is 17.3 Å². The van der Waals surface area contributed by atoms with Gasteiger partial charge >= 0.3 is 0 Å². The van der Waals surface area contributed by atoms with Gasteiger partial charge in [-0.25, -0.2) is 0 Å². The van der Waals surface area contributed by atoms with Crippen LogP contribution in [0.25, 0.3) is 6.08 Å². The first-order valence-electron chi connectivity index (χ1n) is 12.3. The zero-order valence-electron chi connectivity index (χ0n) is 20.7. The van der Waals surface area contributed by atoms with Crippen molar-refractivity contribution in [2.45, 2.75) is 38.8 Å². The van der Waals surface area contributed by atoms with E-state index >= 15 is 0 Å². The first-order chi connectivity index (χ1) is 17.6. The summed E-state index contributed by atoms with van der Waals surface area (Å²) in [5, 5.41) is 0. The van der Waals surface area contributed by atoms with Crippen LogP contribution in [-0.2, 0) is 4.79 Å². The third-order valence-corrected chi connectivity index (χ3v) is 9.02. The first-order valence-corrected chi connectivity index (χ1v) is 13.9. The van der Waals surface area contributed by atoms with E-state index in [0.717, 1.165) is 25.8 Å². The van der Waals surface area contributed by atoms with Crippen molar-refractivity contribution in [3.05, 3.63) is 104 Å². The highest BCUT2D eigenvalue weighted by atomic mass is 79.9. The molecule has 0 amide bonds. The van der Waals surface area contributed by atoms with Gasteiger partial charge in [0.2, 0.25) is 0 Å². The lowest BCUT2D eigenvalue weighted by Crippen LogP contribution is -2.49. The van der Waals surface area contributed by atoms with E-state index in [4.69, 9.17) is 0 Å². The summed E-state index contributed by atoms with van der Waals surface area (Å²) in [7, 11) is 0. The van der Waals surface area contributed by atoms with Crippen LogP contribution in [0.1, 0.15) is 58.5 Å². The molecule has 0 radical (unpaired) electrons. The molecule has 3 aliphatic rings. The second kappa shape index (κ2) is 8.34. The summed E-state index contributed by atoms with van der Waals surface area (Å²) in [6, 6.07) is 19.4. The van der Waals surface area contributed by atoms with Crippen LogP contribution in [0.2, 0.25) is 0 Å². The fourth-order valence-electron chi connectivity index (χ4n) is 6.43. The number of hydrogen-bond donors (Lipinski definition) is 0. The van der Waals surface area contributed by atoms with Crippen LogP contribution in [-0.4, -0.2) is 29.4 Å². The predicted molar refractivity (Wildman–Crippen MR) is 152 cm³/mol. The monoisotopic (exact) mass is 617 g/mol. The molecule has 0 aromatic heterocycles. The van der Waals surface area contributed by atoms with Crippen molar-refractivity contribution in [2.75, 3.05) is 4.90 Å². The van der Waals surface area contributed by atoms with Crippen molar-refractivity contribution in [2.24, 2.45) is 10.8 Å². The number of nitrogens with zero attached hydrogens (tertiary/aromatic N) is 1. The molecule has 1 spiro atoms. The Morgan fingerprint density at radius 2 is 1.46 bits per heavy atom. The molecule has 4 nitrogen and oxygen atoms in total. The summed E-state index contributed by atoms with van der Waals surface area (Å²) in [6.07, 6.45) is 3.94. The molecule has 37 heavy (non-hydrogen) atoms. The molecule has 3 aromatic carbocycles. The minimum Gasteiger partial charge on any atom is -0.352 e. The molecule has 2 aliphatic heterocycles. The standard InChI is InChI=1S/C31H25Br2NO3/c1-30(2,3)29(37)26-25(17-8-11-19(32)12-9-17)31(27(35)21-6-4-5-7-22(21)28(31)36)24-15-10-18-16-20(33)13-14-23(18)34(24)26/h4-16,24-26H,1-3H3/t24-,25-,26+/m0/s1. The summed E-state index contributed by atoms with van der Waals surface area (Å²) in [5.74, 6) is -1.07. The van der Waals surface area contributed by atoms with E-state index in [9.17, 15) is 14.4 Å². The van der Waals surface area contributed by atoms with Crippen molar-refractivity contribution in [1.82, 2.24) is 0 Å². The minimum absolute atomic E-state index is 0.00280. The lowest BCUT2D eigenvalue weighted by atomic mass is 9.63. The fourth-order valence-corrected chi connectivity index (χ4v) is 7.08. The van der Waals surface area contributed by atoms with Crippen LogP contribution in [0.15, 0.2) is 81.8 Å². The smallest absolute Gasteiger partial charge is 0.180 e. The Kier molecular flexibility index (Phi) is 5.52. The number of benzene rings is 3. The van der Waals surface area contributed by atoms with E-state index in [2.05, 4.69) is 36.8 Å². The van der Waals surface area contributed by atoms with Crippen molar-refractivity contribution < 1.29 is 14.4 Å². The number of anilines is 1. The van der Waals surface area contributed by atoms with Gasteiger partial charge in [0, 0.05) is 37.1 Å². The number of halogens is 2. The molecule has 0 N–H and O–H groups in total. The maximum Gasteiger partial charge on any atom is 0.180 e. The first kappa shape index (κ1) is 24.5. The molecular formula is C31H25Br2NO3. The summed E-state index contributed by atoms with van der Waals surface area (Å²) in [4.78, 5) is 45.5. The fraction of sp³-hybridized carbons (Fsp3) is 0.258. The van der Waals surface area contributed by atoms with Crippen molar-refractivity contribution in [1.29, 1.82) is 0 Å². The van der Waals surface area contributed by atoms with Crippen LogP contribution in [0.5, 0.6) is 0 Å². The van der Waals surface area contributed by atoms with Gasteiger partial charge in [-0.2, -0.15) is 0 Å². The summed E-state index contributed by atoms with van der Waals surface area (Å²) >= 11 is 7.07. The number of hydrogen-bond acceptors (Lipinski definition) is 4. The average molecular weight is 619 g/mol. The van der Waals surface area contributed by atoms with Gasteiger partial charge in [0.25, 0.3) is 0 Å². The Bertz CT molecular complexity index is 1480. The SMILES string of the molecule is CC(C)(C)C(=O)[C@H]1[C@H](c2ccc(Br)cc2)C2(C(=O)c3ccccc3C2=O)[C@@H]2C=Cc3cc(Br)ccc3N21. The van der Waals surface area contributed by atoms with Crippen molar-refractivity contribution in [3.8, 4) is 0 Å². The average Bonchev–Trinajstić information content (AvgIpc) is 3.29. The molecule has 3 aromatic rings. The molecule has 1 saturated heterocycles. The van der Waals surface area contributed by atoms with Gasteiger partial charge in [0.05, 0.1) is 12.1 Å². The van der Waals surface area contributed by atoms with Gasteiger partial charge in [-0.3, -0.25) is 14.4 Å². The van der Waals surface area contributed by atoms with Crippen LogP contribution >= 0.6 is 31.9 Å². The highest BCUT2D eigenvalue weighted by molar-refractivity contribution is 9.10. The highest BCUT2D eigenvalue weighted by Crippen LogP contribution is 2.61. The van der Waals surface area contributed by atoms with Gasteiger partial charge < -0.3 is 4.90 Å². The van der Waals surface area contributed by atoms with Crippen molar-refractivity contribution >= 4 is 61.0 Å². The quantitative estimate of drug-likeness (QED) is 0.284. The molecule has 1 aliphatic carbocycles. The van der Waals surface area contributed by atoms with E-state index in [-0.39, 0.29) is 17.3 Å². The maximum absolute atomic E-state index is 14.5. The van der Waals surface area contributed by atoms with Crippen LogP contribution in [0.3, 0.4) is 0 Å². The summed E-state index contributed by atoms with van der Waals surface area (Å²) < 4.78 is 1.81. The maximum atomic E-state index is 14.5. The zero-order valence-corrected chi connectivity index (χ0v) is 23.8. The lowest BCUT2D eigenvalue weighted by Gasteiger charge is -2.38. The molecular weight excluding hydrogens is 594 g/mol. The molecule has 6 rings (SSSR count). The molecule has 0 unspecified atom stereocenters. The molecule has 0 saturated carbocycles. The molecule has 186 valence electrons. The number of Topliss-reactive ketones (excluding diaryl/α,β-unsaturated/α-hetero) is 3. The largest absolute Gasteiger partial charge is 0.352 e. The number of rotatable bonds is 2. The third kappa shape index (κ3) is 3.34. The molecule has 0 bridgehead atoms. The Morgan fingerprint density at radius 1 is 0.865 bits per heavy atom. The zero-order chi connectivity index (χ0) is 26.3. The van der Waals surface area contributed by atoms with Crippen LogP contribution < -0.4 is 4.90 Å². The number of ketones is 3. The predicted octanol–water partition coefficient (Wildman–Crippen LogP) is 7.26. The second-order valence-corrected chi connectivity index (χ2v) is 12.9. The molecule has 1 fully saturated rings. The van der Waals surface area contributed by atoms with Gasteiger partial charge in [-0.05, 0) is 41.5 Å². The lowest BCUT2D eigenvalue weighted by molar-refractivity contribution is -0.127. The Balaban J connectivity index is 1.70. The Hall–Kier alpha value is -2.83. The van der Waals surface area contributed by atoms with Crippen molar-refractivity contribution in [3.63, 3.8) is 0 Å². The van der Waals surface area contributed by atoms with Gasteiger partial charge in [-0.1, -0.05) is 101 Å². The normalized spacial score (nSPS) is 23.3. The number of carbonyl (C=O) groups excluding carboxylic acids is 3. The second-order valence-electron chi connectivity index (χ2n) is 11.1. The highest BCUT2D eigenvalue weighted by Gasteiger charge is 2.71. The topological polar surface area (TPSA) is 54.5 Å². The molecule has 2 heterocycles. The third-order valence-electron chi connectivity index (χ3n) is 8.00. The number of fused-ring (bicyclic) bond motifs is 5.